The number of carbonyl (C=O) groups is 1. The number of fused-ring (bicyclic) bond motifs is 1. The highest BCUT2D eigenvalue weighted by molar-refractivity contribution is 6.38. The molecule has 1 aromatic carbocycles. The maximum absolute atomic E-state index is 15.0. The zero-order valence-electron chi connectivity index (χ0n) is 17.8. The highest BCUT2D eigenvalue weighted by Gasteiger charge is 2.32. The van der Waals surface area contributed by atoms with Crippen LogP contribution in [0.3, 0.4) is 0 Å². The predicted octanol–water partition coefficient (Wildman–Crippen LogP) is 3.17. The molecule has 4 rings (SSSR count). The van der Waals surface area contributed by atoms with Crippen LogP contribution in [0, 0.1) is 11.7 Å². The van der Waals surface area contributed by atoms with E-state index in [4.69, 9.17) is 16.3 Å². The molecule has 1 aromatic heterocycles. The Bertz CT molecular complexity index is 1150. The molecule has 1 saturated carbocycles. The van der Waals surface area contributed by atoms with E-state index in [0.29, 0.717) is 19.6 Å². The van der Waals surface area contributed by atoms with Gasteiger partial charge in [-0.3, -0.25) is 14.3 Å². The van der Waals surface area contributed by atoms with Crippen LogP contribution in [0.2, 0.25) is 5.02 Å². The minimum Gasteiger partial charge on any atom is -0.444 e. The summed E-state index contributed by atoms with van der Waals surface area (Å²) >= 11 is 6.61. The second-order valence-corrected chi connectivity index (χ2v) is 9.64. The van der Waals surface area contributed by atoms with Gasteiger partial charge in [0.2, 0.25) is 0 Å². The number of hydrogen-bond acceptors (Lipinski definition) is 5. The largest absolute Gasteiger partial charge is 0.444 e. The van der Waals surface area contributed by atoms with Gasteiger partial charge in [0.05, 0.1) is 21.6 Å². The summed E-state index contributed by atoms with van der Waals surface area (Å²) in [6.45, 7) is 6.79. The molecule has 0 spiro atoms. The monoisotopic (exact) mass is 452 g/mol. The van der Waals surface area contributed by atoms with Gasteiger partial charge in [-0.2, -0.15) is 0 Å². The van der Waals surface area contributed by atoms with Crippen LogP contribution in [-0.2, 0) is 4.74 Å². The van der Waals surface area contributed by atoms with E-state index in [-0.39, 0.29) is 33.6 Å². The number of carbonyl (C=O) groups excluding carboxylic acids is 1. The Morgan fingerprint density at radius 1 is 1.32 bits per heavy atom. The Morgan fingerprint density at radius 2 is 2.03 bits per heavy atom. The summed E-state index contributed by atoms with van der Waals surface area (Å²) in [5.74, 6) is -0.520. The highest BCUT2D eigenvalue weighted by Crippen LogP contribution is 2.41. The fourth-order valence-corrected chi connectivity index (χ4v) is 4.45. The second kappa shape index (κ2) is 7.85. The molecule has 0 bridgehead atoms. The Kier molecular flexibility index (Phi) is 5.49. The molecule has 168 valence electrons. The van der Waals surface area contributed by atoms with E-state index in [1.807, 2.05) is 0 Å². The Labute approximate surface area is 183 Å². The van der Waals surface area contributed by atoms with Gasteiger partial charge < -0.3 is 15.0 Å². The minimum absolute atomic E-state index is 0.0352. The molecule has 2 heterocycles. The number of aromatic nitrogens is 2. The van der Waals surface area contributed by atoms with Crippen molar-refractivity contribution in [2.75, 3.05) is 24.5 Å². The maximum atomic E-state index is 15.0. The second-order valence-electron chi connectivity index (χ2n) is 9.26. The van der Waals surface area contributed by atoms with Gasteiger partial charge in [-0.15, -0.1) is 0 Å². The van der Waals surface area contributed by atoms with E-state index in [1.54, 1.807) is 25.7 Å². The van der Waals surface area contributed by atoms with E-state index in [0.717, 1.165) is 25.3 Å². The predicted molar refractivity (Wildman–Crippen MR) is 117 cm³/mol. The summed E-state index contributed by atoms with van der Waals surface area (Å²) in [5.41, 5.74) is -1.29. The number of nitrogens with one attached hydrogen (secondary N) is 2. The maximum Gasteiger partial charge on any atom is 0.407 e. The van der Waals surface area contributed by atoms with Crippen molar-refractivity contribution in [2.45, 2.75) is 51.7 Å². The van der Waals surface area contributed by atoms with Crippen molar-refractivity contribution in [1.82, 2.24) is 14.9 Å². The molecule has 1 aliphatic heterocycles. The third kappa shape index (κ3) is 4.42. The van der Waals surface area contributed by atoms with Crippen LogP contribution in [0.1, 0.15) is 46.1 Å². The van der Waals surface area contributed by atoms with Crippen molar-refractivity contribution < 1.29 is 13.9 Å². The smallest absolute Gasteiger partial charge is 0.407 e. The van der Waals surface area contributed by atoms with Crippen LogP contribution in [0.25, 0.3) is 10.9 Å². The van der Waals surface area contributed by atoms with Crippen molar-refractivity contribution in [3.63, 3.8) is 0 Å². The molecule has 10 heteroatoms. The average Bonchev–Trinajstić information content (AvgIpc) is 3.38. The number of ether oxygens (including phenoxy) is 1. The molecule has 1 unspecified atom stereocenters. The van der Waals surface area contributed by atoms with Gasteiger partial charge >= 0.3 is 11.8 Å². The fraction of sp³-hybridized carbons (Fsp3) is 0.571. The Hall–Kier alpha value is -2.55. The number of H-pyrrole nitrogens is 1. The first-order valence-electron chi connectivity index (χ1n) is 10.4. The van der Waals surface area contributed by atoms with Crippen LogP contribution in [0.4, 0.5) is 14.9 Å². The Morgan fingerprint density at radius 3 is 2.68 bits per heavy atom. The first-order chi connectivity index (χ1) is 14.5. The van der Waals surface area contributed by atoms with Crippen LogP contribution < -0.4 is 21.5 Å². The first kappa shape index (κ1) is 21.7. The molecule has 1 saturated heterocycles. The summed E-state index contributed by atoms with van der Waals surface area (Å²) in [4.78, 5) is 40.6. The van der Waals surface area contributed by atoms with E-state index in [1.165, 1.54) is 4.57 Å². The minimum atomic E-state index is -0.648. The summed E-state index contributed by atoms with van der Waals surface area (Å²) in [6.07, 6.45) is 1.86. The zero-order valence-corrected chi connectivity index (χ0v) is 18.5. The van der Waals surface area contributed by atoms with E-state index in [9.17, 15) is 14.4 Å². The molecule has 1 aliphatic carbocycles. The van der Waals surface area contributed by atoms with E-state index in [2.05, 4.69) is 10.3 Å². The number of rotatable bonds is 4. The molecular formula is C21H26ClFN4O4. The quantitative estimate of drug-likeness (QED) is 0.742. The number of halogens is 2. The van der Waals surface area contributed by atoms with Crippen LogP contribution in [-0.4, -0.2) is 40.9 Å². The highest BCUT2D eigenvalue weighted by atomic mass is 35.5. The van der Waals surface area contributed by atoms with E-state index >= 15 is 4.39 Å². The van der Waals surface area contributed by atoms with Gasteiger partial charge in [0.1, 0.15) is 11.4 Å². The summed E-state index contributed by atoms with van der Waals surface area (Å²) in [7, 11) is 0. The summed E-state index contributed by atoms with van der Waals surface area (Å²) in [5, 5.41) is 2.90. The van der Waals surface area contributed by atoms with Gasteiger partial charge in [0, 0.05) is 25.7 Å². The van der Waals surface area contributed by atoms with Crippen LogP contribution in [0.15, 0.2) is 15.7 Å². The number of aromatic amines is 1. The van der Waals surface area contributed by atoms with Gasteiger partial charge in [0.15, 0.2) is 0 Å². The third-order valence-electron chi connectivity index (χ3n) is 5.54. The zero-order chi connectivity index (χ0) is 22.5. The fourth-order valence-electron chi connectivity index (χ4n) is 4.05. The lowest BCUT2D eigenvalue weighted by atomic mass is 10.1. The Balaban J connectivity index is 1.59. The van der Waals surface area contributed by atoms with Crippen LogP contribution in [0.5, 0.6) is 0 Å². The third-order valence-corrected chi connectivity index (χ3v) is 5.90. The molecule has 31 heavy (non-hydrogen) atoms. The topological polar surface area (TPSA) is 96.4 Å². The molecule has 8 nitrogen and oxygen atoms in total. The molecule has 2 aliphatic rings. The number of benzene rings is 1. The van der Waals surface area contributed by atoms with Crippen molar-refractivity contribution in [3.8, 4) is 0 Å². The standard InChI is InChI=1S/C21H26ClFN4O4/c1-21(2,3)31-20(30)24-9-11-6-7-26(10-11)17-14(23)8-13-16(15(17)22)27(12-4-5-12)19(29)25-18(13)28/h8,11-12H,4-7,9-10H2,1-3H3,(H,24,30)(H,25,28,29). The lowest BCUT2D eigenvalue weighted by Crippen LogP contribution is -2.36. The summed E-state index contributed by atoms with van der Waals surface area (Å²) < 4.78 is 21.8. The molecule has 0 radical (unpaired) electrons. The molecular weight excluding hydrogens is 427 g/mol. The van der Waals surface area contributed by atoms with Crippen molar-refractivity contribution in [3.05, 3.63) is 37.7 Å². The van der Waals surface area contributed by atoms with Gasteiger partial charge in [-0.25, -0.2) is 14.0 Å². The summed E-state index contributed by atoms with van der Waals surface area (Å²) in [6, 6.07) is 1.12. The SMILES string of the molecule is CC(C)(C)OC(=O)NCC1CCN(c2c(F)cc3c(=O)[nH]c(=O)n(C4CC4)c3c2Cl)C1. The molecule has 1 amide bonds. The van der Waals surface area contributed by atoms with Crippen molar-refractivity contribution in [2.24, 2.45) is 5.92 Å². The number of hydrogen-bond donors (Lipinski definition) is 2. The van der Waals surface area contributed by atoms with Crippen molar-refractivity contribution >= 4 is 34.3 Å². The van der Waals surface area contributed by atoms with Gasteiger partial charge in [-0.05, 0) is 52.0 Å². The molecule has 2 N–H and O–H groups in total. The number of alkyl carbamates (subject to hydrolysis) is 1. The van der Waals surface area contributed by atoms with Gasteiger partial charge in [-0.1, -0.05) is 11.6 Å². The molecule has 1 atom stereocenters. The van der Waals surface area contributed by atoms with Crippen molar-refractivity contribution in [1.29, 1.82) is 0 Å². The average molecular weight is 453 g/mol. The van der Waals surface area contributed by atoms with Gasteiger partial charge in [0.25, 0.3) is 5.56 Å². The first-order valence-corrected chi connectivity index (χ1v) is 10.8. The number of nitrogens with zero attached hydrogens (tertiary/aromatic N) is 2. The lowest BCUT2D eigenvalue weighted by molar-refractivity contribution is 0.0520. The number of anilines is 1. The lowest BCUT2D eigenvalue weighted by Gasteiger charge is -2.23. The normalized spacial score (nSPS) is 19.1. The number of amides is 1. The van der Waals surface area contributed by atoms with E-state index < -0.39 is 28.8 Å². The molecule has 2 fully saturated rings. The molecule has 2 aromatic rings. The van der Waals surface area contributed by atoms with Crippen LogP contribution >= 0.6 is 11.6 Å².